The predicted molar refractivity (Wildman–Crippen MR) is 106 cm³/mol. The molecule has 7 heteroatoms. The number of hydrogen-bond donors (Lipinski definition) is 0. The van der Waals surface area contributed by atoms with Gasteiger partial charge in [0.15, 0.2) is 11.2 Å². The van der Waals surface area contributed by atoms with Gasteiger partial charge in [-0.25, -0.2) is 0 Å². The minimum Gasteiger partial charge on any atom is -0.422 e. The average molecular weight is 390 g/mol. The lowest BCUT2D eigenvalue weighted by Crippen LogP contribution is -2.50. The van der Waals surface area contributed by atoms with Crippen molar-refractivity contribution in [3.05, 3.63) is 54.4 Å². The lowest BCUT2D eigenvalue weighted by molar-refractivity contribution is -0.140. The first-order valence-electron chi connectivity index (χ1n) is 10.2. The molecule has 2 aromatic heterocycles. The molecule has 1 aromatic carbocycles. The third kappa shape index (κ3) is 2.57. The zero-order valence-corrected chi connectivity index (χ0v) is 16.0. The van der Waals surface area contributed by atoms with E-state index in [0.29, 0.717) is 37.5 Å². The number of oxazole rings is 1. The SMILES string of the molecule is O=C1N2[C@@H](CC[C@H]2c2ccccc2)OC12CCN(c1nc3ccncc3o1)CC2. The number of anilines is 1. The molecule has 3 aromatic rings. The molecule has 3 fully saturated rings. The summed E-state index contributed by atoms with van der Waals surface area (Å²) in [5, 5.41) is 0. The van der Waals surface area contributed by atoms with E-state index in [1.165, 1.54) is 5.56 Å². The van der Waals surface area contributed by atoms with Gasteiger partial charge in [-0.1, -0.05) is 30.3 Å². The van der Waals surface area contributed by atoms with Gasteiger partial charge in [-0.3, -0.25) is 9.78 Å². The normalized spacial score (nSPS) is 25.9. The van der Waals surface area contributed by atoms with Crippen molar-refractivity contribution in [3.63, 3.8) is 0 Å². The van der Waals surface area contributed by atoms with Gasteiger partial charge in [-0.15, -0.1) is 0 Å². The van der Waals surface area contributed by atoms with E-state index in [0.717, 1.165) is 18.4 Å². The van der Waals surface area contributed by atoms with Gasteiger partial charge in [0.2, 0.25) is 0 Å². The maximum atomic E-state index is 13.5. The second-order valence-electron chi connectivity index (χ2n) is 8.11. The summed E-state index contributed by atoms with van der Waals surface area (Å²) in [6.45, 7) is 1.37. The average Bonchev–Trinajstić information content (AvgIpc) is 3.44. The molecule has 0 N–H and O–H groups in total. The molecule has 3 aliphatic rings. The highest BCUT2D eigenvalue weighted by atomic mass is 16.6. The highest BCUT2D eigenvalue weighted by molar-refractivity contribution is 5.88. The Morgan fingerprint density at radius 2 is 1.90 bits per heavy atom. The number of aromatic nitrogens is 2. The Hall–Kier alpha value is -2.93. The lowest BCUT2D eigenvalue weighted by Gasteiger charge is -2.36. The Labute approximate surface area is 168 Å². The van der Waals surface area contributed by atoms with Crippen LogP contribution in [0.15, 0.2) is 53.2 Å². The van der Waals surface area contributed by atoms with E-state index >= 15 is 0 Å². The smallest absolute Gasteiger partial charge is 0.298 e. The highest BCUT2D eigenvalue weighted by Crippen LogP contribution is 2.47. The van der Waals surface area contributed by atoms with Crippen molar-refractivity contribution >= 4 is 23.0 Å². The Balaban J connectivity index is 1.21. The Kier molecular flexibility index (Phi) is 3.68. The van der Waals surface area contributed by atoms with Crippen LogP contribution in [0.3, 0.4) is 0 Å². The number of fused-ring (bicyclic) bond motifs is 2. The van der Waals surface area contributed by atoms with Crippen LogP contribution in [0.25, 0.3) is 11.1 Å². The quantitative estimate of drug-likeness (QED) is 0.669. The third-order valence-electron chi connectivity index (χ3n) is 6.53. The number of hydrogen-bond acceptors (Lipinski definition) is 6. The predicted octanol–water partition coefficient (Wildman–Crippen LogP) is 3.28. The molecule has 29 heavy (non-hydrogen) atoms. The van der Waals surface area contributed by atoms with Gasteiger partial charge in [-0.2, -0.15) is 4.98 Å². The molecule has 0 saturated carbocycles. The number of amides is 1. The summed E-state index contributed by atoms with van der Waals surface area (Å²) in [6, 6.07) is 12.9. The summed E-state index contributed by atoms with van der Waals surface area (Å²) in [5.74, 6) is 0.148. The highest BCUT2D eigenvalue weighted by Gasteiger charge is 2.58. The Morgan fingerprint density at radius 1 is 1.07 bits per heavy atom. The van der Waals surface area contributed by atoms with Crippen LogP contribution in [0, 0.1) is 0 Å². The maximum absolute atomic E-state index is 13.5. The van der Waals surface area contributed by atoms with Crippen LogP contribution in [0.5, 0.6) is 0 Å². The number of carbonyl (C=O) groups excluding carboxylic acids is 1. The summed E-state index contributed by atoms with van der Waals surface area (Å²) < 4.78 is 12.3. The van der Waals surface area contributed by atoms with Gasteiger partial charge in [0.1, 0.15) is 11.7 Å². The second kappa shape index (κ2) is 6.29. The summed E-state index contributed by atoms with van der Waals surface area (Å²) >= 11 is 0. The van der Waals surface area contributed by atoms with Crippen molar-refractivity contribution in [1.82, 2.24) is 14.9 Å². The Morgan fingerprint density at radius 3 is 2.69 bits per heavy atom. The van der Waals surface area contributed by atoms with Gasteiger partial charge >= 0.3 is 0 Å². The van der Waals surface area contributed by atoms with Crippen LogP contribution in [0.1, 0.15) is 37.3 Å². The summed E-state index contributed by atoms with van der Waals surface area (Å²) in [4.78, 5) is 26.2. The molecule has 0 radical (unpaired) electrons. The first-order chi connectivity index (χ1) is 14.2. The lowest BCUT2D eigenvalue weighted by atomic mass is 9.89. The molecule has 0 unspecified atom stereocenters. The van der Waals surface area contributed by atoms with Crippen molar-refractivity contribution in [2.45, 2.75) is 43.6 Å². The Bertz CT molecular complexity index is 1030. The van der Waals surface area contributed by atoms with E-state index in [9.17, 15) is 4.79 Å². The molecule has 0 aliphatic carbocycles. The standard InChI is InChI=1S/C22H22N4O3/c27-20-22(29-19-7-6-17(26(19)20)15-4-2-1-3-5-15)9-12-25(13-10-22)21-24-16-8-11-23-14-18(16)28-21/h1-5,8,11,14,17,19H,6-7,9-10,12-13H2/t17-,19+/m0/s1. The fourth-order valence-corrected chi connectivity index (χ4v) is 5.01. The summed E-state index contributed by atoms with van der Waals surface area (Å²) in [6.07, 6.45) is 6.44. The van der Waals surface area contributed by atoms with Crippen molar-refractivity contribution in [2.24, 2.45) is 0 Å². The number of carbonyl (C=O) groups is 1. The second-order valence-corrected chi connectivity index (χ2v) is 8.11. The third-order valence-corrected chi connectivity index (χ3v) is 6.53. The first kappa shape index (κ1) is 17.0. The molecule has 2 atom stereocenters. The zero-order chi connectivity index (χ0) is 19.4. The molecular weight excluding hydrogens is 368 g/mol. The van der Waals surface area contributed by atoms with E-state index in [4.69, 9.17) is 9.15 Å². The fraction of sp³-hybridized carbons (Fsp3) is 0.409. The van der Waals surface area contributed by atoms with Crippen LogP contribution >= 0.6 is 0 Å². The minimum absolute atomic E-state index is 0.102. The van der Waals surface area contributed by atoms with E-state index in [1.54, 1.807) is 12.4 Å². The van der Waals surface area contributed by atoms with Gasteiger partial charge in [0, 0.05) is 32.1 Å². The number of benzene rings is 1. The molecule has 148 valence electrons. The van der Waals surface area contributed by atoms with Crippen LogP contribution < -0.4 is 4.90 Å². The minimum atomic E-state index is -0.706. The van der Waals surface area contributed by atoms with Crippen molar-refractivity contribution in [3.8, 4) is 0 Å². The molecular formula is C22H22N4O3. The monoisotopic (exact) mass is 390 g/mol. The fourth-order valence-electron chi connectivity index (χ4n) is 5.01. The molecule has 3 saturated heterocycles. The maximum Gasteiger partial charge on any atom is 0.298 e. The summed E-state index contributed by atoms with van der Waals surface area (Å²) in [5.41, 5.74) is 1.97. The van der Waals surface area contributed by atoms with E-state index in [1.807, 2.05) is 29.2 Å². The molecule has 0 bridgehead atoms. The van der Waals surface area contributed by atoms with E-state index in [2.05, 4.69) is 27.0 Å². The number of ether oxygens (including phenoxy) is 1. The molecule has 1 spiro atoms. The molecule has 3 aliphatic heterocycles. The number of rotatable bonds is 2. The molecule has 1 amide bonds. The zero-order valence-electron chi connectivity index (χ0n) is 16.0. The topological polar surface area (TPSA) is 71.7 Å². The first-order valence-corrected chi connectivity index (χ1v) is 10.2. The van der Waals surface area contributed by atoms with Gasteiger partial charge in [0.05, 0.1) is 12.2 Å². The van der Waals surface area contributed by atoms with Crippen molar-refractivity contribution < 1.29 is 13.9 Å². The van der Waals surface area contributed by atoms with Gasteiger partial charge in [-0.05, 0) is 24.5 Å². The van der Waals surface area contributed by atoms with Crippen LogP contribution in [-0.2, 0) is 9.53 Å². The van der Waals surface area contributed by atoms with Crippen LogP contribution in [0.4, 0.5) is 6.01 Å². The van der Waals surface area contributed by atoms with E-state index in [-0.39, 0.29) is 18.2 Å². The molecule has 5 heterocycles. The summed E-state index contributed by atoms with van der Waals surface area (Å²) in [7, 11) is 0. The van der Waals surface area contributed by atoms with E-state index < -0.39 is 5.60 Å². The van der Waals surface area contributed by atoms with Gasteiger partial charge in [0.25, 0.3) is 11.9 Å². The van der Waals surface area contributed by atoms with Crippen molar-refractivity contribution in [2.75, 3.05) is 18.0 Å². The number of piperidine rings is 1. The van der Waals surface area contributed by atoms with Crippen LogP contribution in [-0.4, -0.2) is 45.7 Å². The number of pyridine rings is 1. The largest absolute Gasteiger partial charge is 0.422 e. The molecule has 6 rings (SSSR count). The number of nitrogens with zero attached hydrogens (tertiary/aromatic N) is 4. The van der Waals surface area contributed by atoms with Crippen molar-refractivity contribution in [1.29, 1.82) is 0 Å². The molecule has 7 nitrogen and oxygen atoms in total. The van der Waals surface area contributed by atoms with Crippen LogP contribution in [0.2, 0.25) is 0 Å². The van der Waals surface area contributed by atoms with Gasteiger partial charge < -0.3 is 19.0 Å².